The fraction of sp³-hybridized carbons (Fsp3) is 0.115. The van der Waals surface area contributed by atoms with Gasteiger partial charge in [0.15, 0.2) is 0 Å². The van der Waals surface area contributed by atoms with E-state index in [1.165, 1.54) is 11.1 Å². The van der Waals surface area contributed by atoms with Crippen molar-refractivity contribution in [3.05, 3.63) is 119 Å². The Balaban J connectivity index is 1.15. The van der Waals surface area contributed by atoms with Gasteiger partial charge in [-0.1, -0.05) is 66.7 Å². The van der Waals surface area contributed by atoms with Gasteiger partial charge in [-0.05, 0) is 41.5 Å². The molecule has 4 nitrogen and oxygen atoms in total. The molecule has 4 heteroatoms. The predicted molar refractivity (Wildman–Crippen MR) is 119 cm³/mol. The predicted octanol–water partition coefficient (Wildman–Crippen LogP) is 5.76. The van der Waals surface area contributed by atoms with Crippen molar-refractivity contribution < 1.29 is 9.53 Å². The van der Waals surface area contributed by atoms with Crippen LogP contribution in [0.5, 0.6) is 0 Å². The molecule has 0 bridgehead atoms. The van der Waals surface area contributed by atoms with Crippen molar-refractivity contribution in [2.75, 3.05) is 10.6 Å². The lowest BCUT2D eigenvalue weighted by atomic mass is 10.0. The molecule has 1 heterocycles. The summed E-state index contributed by atoms with van der Waals surface area (Å²) in [5, 5.41) is 6.34. The largest absolute Gasteiger partial charge is 0.359 e. The van der Waals surface area contributed by atoms with Crippen LogP contribution in [0.15, 0.2) is 108 Å². The van der Waals surface area contributed by atoms with E-state index in [2.05, 4.69) is 47.0 Å². The van der Waals surface area contributed by atoms with Crippen LogP contribution in [0, 0.1) is 0 Å². The molecule has 148 valence electrons. The molecule has 2 atom stereocenters. The van der Waals surface area contributed by atoms with Gasteiger partial charge in [0.1, 0.15) is 12.2 Å². The van der Waals surface area contributed by atoms with Crippen molar-refractivity contribution in [3.63, 3.8) is 0 Å². The molecule has 1 aliphatic heterocycles. The Morgan fingerprint density at radius 2 is 1.37 bits per heavy atom. The third-order valence-corrected chi connectivity index (χ3v) is 5.35. The van der Waals surface area contributed by atoms with Crippen molar-refractivity contribution in [1.29, 1.82) is 0 Å². The number of hydrogen-bond acceptors (Lipinski definition) is 3. The second kappa shape index (κ2) is 8.01. The fourth-order valence-electron chi connectivity index (χ4n) is 3.70. The van der Waals surface area contributed by atoms with Crippen LogP contribution in [0.25, 0.3) is 0 Å². The molecule has 0 spiro atoms. The number of hydrogen-bond donors (Lipinski definition) is 2. The molecule has 2 N–H and O–H groups in total. The van der Waals surface area contributed by atoms with Gasteiger partial charge >= 0.3 is 0 Å². The summed E-state index contributed by atoms with van der Waals surface area (Å²) in [5.41, 5.74) is 5.95. The van der Waals surface area contributed by atoms with Crippen LogP contribution in [0.1, 0.15) is 29.8 Å². The smallest absolute Gasteiger partial charge is 0.251 e. The molecule has 5 rings (SSSR count). The van der Waals surface area contributed by atoms with Crippen molar-refractivity contribution in [1.82, 2.24) is 0 Å². The first-order valence-electron chi connectivity index (χ1n) is 10.1. The lowest BCUT2D eigenvalue weighted by molar-refractivity contribution is -0.112. The Bertz CT molecular complexity index is 1100. The molecular weight excluding hydrogens is 372 g/mol. The van der Waals surface area contributed by atoms with Crippen LogP contribution in [0.3, 0.4) is 0 Å². The second-order valence-corrected chi connectivity index (χ2v) is 7.52. The molecule has 2 unspecified atom stereocenters. The number of epoxide rings is 1. The Hall–Kier alpha value is -3.63. The lowest BCUT2D eigenvalue weighted by Gasteiger charge is -2.10. The van der Waals surface area contributed by atoms with E-state index >= 15 is 0 Å². The van der Waals surface area contributed by atoms with Crippen molar-refractivity contribution >= 4 is 17.3 Å². The van der Waals surface area contributed by atoms with E-state index in [-0.39, 0.29) is 18.1 Å². The molecule has 1 aliphatic carbocycles. The highest BCUT2D eigenvalue weighted by atomic mass is 16.6. The maximum Gasteiger partial charge on any atom is 0.251 e. The maximum absolute atomic E-state index is 12.4. The number of nitrogens with one attached hydrogen (secondary N) is 2. The first-order chi connectivity index (χ1) is 14.8. The summed E-state index contributed by atoms with van der Waals surface area (Å²) < 4.78 is 5.87. The molecule has 3 aromatic carbocycles. The number of para-hydroxylation sites is 1. The van der Waals surface area contributed by atoms with E-state index in [0.29, 0.717) is 6.42 Å². The summed E-state index contributed by atoms with van der Waals surface area (Å²) in [6, 6.07) is 28.1. The molecule has 0 aromatic heterocycles. The molecule has 0 radical (unpaired) electrons. The minimum absolute atomic E-state index is 0.0672. The number of rotatable bonds is 6. The fourth-order valence-corrected chi connectivity index (χ4v) is 3.70. The number of benzene rings is 3. The van der Waals surface area contributed by atoms with Crippen molar-refractivity contribution in [3.8, 4) is 0 Å². The number of allylic oxidation sites excluding steroid dienone is 3. The van der Waals surface area contributed by atoms with E-state index in [9.17, 15) is 4.79 Å². The minimum Gasteiger partial charge on any atom is -0.359 e. The third kappa shape index (κ3) is 4.04. The highest BCUT2D eigenvalue weighted by Crippen LogP contribution is 2.50. The monoisotopic (exact) mass is 394 g/mol. The van der Waals surface area contributed by atoms with Crippen LogP contribution in [-0.2, 0) is 9.53 Å². The minimum atomic E-state index is -0.0672. The highest BCUT2D eigenvalue weighted by Gasteiger charge is 2.41. The zero-order valence-electron chi connectivity index (χ0n) is 16.4. The highest BCUT2D eigenvalue weighted by molar-refractivity contribution is 6.04. The summed E-state index contributed by atoms with van der Waals surface area (Å²) in [7, 11) is 0. The summed E-state index contributed by atoms with van der Waals surface area (Å²) >= 11 is 0. The van der Waals surface area contributed by atoms with Crippen molar-refractivity contribution in [2.24, 2.45) is 0 Å². The number of ether oxygens (including phenoxy) is 1. The van der Waals surface area contributed by atoms with Crippen LogP contribution in [0.2, 0.25) is 0 Å². The average molecular weight is 394 g/mol. The summed E-state index contributed by atoms with van der Waals surface area (Å²) in [5.74, 6) is -0.0672. The molecule has 1 saturated heterocycles. The molecular formula is C26H22N2O2. The van der Waals surface area contributed by atoms with Gasteiger partial charge in [0, 0.05) is 29.1 Å². The van der Waals surface area contributed by atoms with E-state index in [1.807, 2.05) is 60.7 Å². The van der Waals surface area contributed by atoms with Gasteiger partial charge < -0.3 is 15.4 Å². The van der Waals surface area contributed by atoms with E-state index in [1.54, 1.807) is 0 Å². The van der Waals surface area contributed by atoms with Crippen LogP contribution < -0.4 is 10.6 Å². The molecule has 1 fully saturated rings. The number of amides is 1. The number of carbonyl (C=O) groups is 1. The normalized spacial score (nSPS) is 19.6. The molecule has 2 aliphatic rings. The quantitative estimate of drug-likeness (QED) is 0.522. The Labute approximate surface area is 175 Å². The van der Waals surface area contributed by atoms with Gasteiger partial charge in [0.25, 0.3) is 5.91 Å². The molecule has 1 amide bonds. The Morgan fingerprint density at radius 1 is 0.733 bits per heavy atom. The van der Waals surface area contributed by atoms with Gasteiger partial charge in [-0.25, -0.2) is 0 Å². The molecule has 30 heavy (non-hydrogen) atoms. The second-order valence-electron chi connectivity index (χ2n) is 7.52. The van der Waals surface area contributed by atoms with Crippen LogP contribution >= 0.6 is 0 Å². The summed E-state index contributed by atoms with van der Waals surface area (Å²) in [6.45, 7) is 0. The van der Waals surface area contributed by atoms with Gasteiger partial charge in [-0.2, -0.15) is 0 Å². The van der Waals surface area contributed by atoms with Gasteiger partial charge in [0.05, 0.1) is 0 Å². The molecule has 0 saturated carbocycles. The average Bonchev–Trinajstić information content (AvgIpc) is 3.46. The Morgan fingerprint density at radius 3 is 2.07 bits per heavy atom. The van der Waals surface area contributed by atoms with E-state index in [4.69, 9.17) is 4.74 Å². The number of carbonyl (C=O) groups excluding carboxylic acids is 1. The van der Waals surface area contributed by atoms with Gasteiger partial charge in [-0.15, -0.1) is 0 Å². The summed E-state index contributed by atoms with van der Waals surface area (Å²) in [6.07, 6.45) is 4.70. The zero-order valence-corrected chi connectivity index (χ0v) is 16.4. The zero-order chi connectivity index (χ0) is 20.3. The van der Waals surface area contributed by atoms with Gasteiger partial charge in [-0.3, -0.25) is 4.79 Å². The summed E-state index contributed by atoms with van der Waals surface area (Å²) in [4.78, 5) is 12.4. The standard InChI is InChI=1S/C26H22N2O2/c29-26(28-21-9-5-2-6-10-21)20-13-16-23(17-20)27-22-14-11-19(12-15-22)25-24(30-25)18-7-3-1-4-8-18/h1-16,24-25,27H,17H2,(H,28,29). The van der Waals surface area contributed by atoms with Gasteiger partial charge in [0.2, 0.25) is 0 Å². The Kier molecular flexibility index (Phi) is 4.91. The van der Waals surface area contributed by atoms with E-state index in [0.717, 1.165) is 22.6 Å². The van der Waals surface area contributed by atoms with Crippen LogP contribution in [-0.4, -0.2) is 5.91 Å². The van der Waals surface area contributed by atoms with Crippen molar-refractivity contribution in [2.45, 2.75) is 18.6 Å². The first kappa shape index (κ1) is 18.4. The third-order valence-electron chi connectivity index (χ3n) is 5.35. The molecule has 3 aromatic rings. The van der Waals surface area contributed by atoms with Crippen LogP contribution in [0.4, 0.5) is 11.4 Å². The lowest BCUT2D eigenvalue weighted by Crippen LogP contribution is -2.14. The SMILES string of the molecule is O=C(Nc1ccccc1)C1=CC=C(Nc2ccc(C3OC3c3ccccc3)cc2)C1. The maximum atomic E-state index is 12.4. The topological polar surface area (TPSA) is 53.7 Å². The van der Waals surface area contributed by atoms with E-state index < -0.39 is 0 Å². The number of anilines is 2. The first-order valence-corrected chi connectivity index (χ1v) is 10.1.